The molecule has 2 aliphatic rings. The molecule has 1 N–H and O–H groups in total. The normalized spacial score (nSPS) is 20.4. The second-order valence-corrected chi connectivity index (χ2v) is 6.26. The van der Waals surface area contributed by atoms with Crippen LogP contribution in [0.25, 0.3) is 11.3 Å². The van der Waals surface area contributed by atoms with Gasteiger partial charge in [0, 0.05) is 30.3 Å². The van der Waals surface area contributed by atoms with Crippen LogP contribution in [0, 0.1) is 0 Å². The zero-order valence-electron chi connectivity index (χ0n) is 13.0. The first-order chi connectivity index (χ1) is 10.9. The molecule has 0 spiro atoms. The SMILES string of the molecule is CN[C@@H]1CCN(c2ncnc3c2CCCc2ccccc2-3)C1. The average molecular weight is 294 g/mol. The van der Waals surface area contributed by atoms with Gasteiger partial charge in [-0.2, -0.15) is 0 Å². The number of aromatic nitrogens is 2. The first-order valence-corrected chi connectivity index (χ1v) is 8.21. The van der Waals surface area contributed by atoms with Gasteiger partial charge in [-0.25, -0.2) is 9.97 Å². The van der Waals surface area contributed by atoms with Crippen LogP contribution in [0.4, 0.5) is 5.82 Å². The van der Waals surface area contributed by atoms with E-state index in [4.69, 9.17) is 0 Å². The maximum absolute atomic E-state index is 4.64. The molecule has 1 aliphatic heterocycles. The Labute approximate surface area is 131 Å². The Morgan fingerprint density at radius 2 is 2.09 bits per heavy atom. The highest BCUT2D eigenvalue weighted by atomic mass is 15.2. The number of nitrogens with one attached hydrogen (secondary N) is 1. The summed E-state index contributed by atoms with van der Waals surface area (Å²) in [6.07, 6.45) is 6.30. The molecule has 22 heavy (non-hydrogen) atoms. The minimum atomic E-state index is 0.573. The summed E-state index contributed by atoms with van der Waals surface area (Å²) in [4.78, 5) is 11.7. The topological polar surface area (TPSA) is 41.0 Å². The molecule has 1 fully saturated rings. The maximum Gasteiger partial charge on any atom is 0.135 e. The van der Waals surface area contributed by atoms with Crippen molar-refractivity contribution in [2.75, 3.05) is 25.0 Å². The van der Waals surface area contributed by atoms with Crippen LogP contribution in [0.5, 0.6) is 0 Å². The van der Waals surface area contributed by atoms with E-state index in [0.717, 1.165) is 37.4 Å². The molecule has 0 bridgehead atoms. The van der Waals surface area contributed by atoms with E-state index in [1.165, 1.54) is 29.5 Å². The second-order valence-electron chi connectivity index (χ2n) is 6.26. The minimum absolute atomic E-state index is 0.573. The summed E-state index contributed by atoms with van der Waals surface area (Å²) < 4.78 is 0. The molecular formula is C18H22N4. The number of anilines is 1. The van der Waals surface area contributed by atoms with Gasteiger partial charge in [0.1, 0.15) is 12.1 Å². The third kappa shape index (κ3) is 2.28. The van der Waals surface area contributed by atoms with Gasteiger partial charge >= 0.3 is 0 Å². The van der Waals surface area contributed by atoms with Crippen molar-refractivity contribution >= 4 is 5.82 Å². The van der Waals surface area contributed by atoms with Gasteiger partial charge < -0.3 is 10.2 Å². The van der Waals surface area contributed by atoms with Crippen LogP contribution in [0.3, 0.4) is 0 Å². The minimum Gasteiger partial charge on any atom is -0.355 e. The first kappa shape index (κ1) is 13.7. The maximum atomic E-state index is 4.64. The van der Waals surface area contributed by atoms with Crippen LogP contribution in [0.15, 0.2) is 30.6 Å². The molecule has 1 aromatic carbocycles. The Balaban J connectivity index is 1.78. The monoisotopic (exact) mass is 294 g/mol. The summed E-state index contributed by atoms with van der Waals surface area (Å²) in [5.41, 5.74) is 5.19. The fourth-order valence-corrected chi connectivity index (χ4v) is 3.75. The molecule has 1 aliphatic carbocycles. The summed E-state index contributed by atoms with van der Waals surface area (Å²) in [6, 6.07) is 9.26. The second kappa shape index (κ2) is 5.69. The number of aryl methyl sites for hydroxylation is 1. The summed E-state index contributed by atoms with van der Waals surface area (Å²) in [7, 11) is 2.05. The molecule has 1 saturated heterocycles. The van der Waals surface area contributed by atoms with Gasteiger partial charge in [-0.1, -0.05) is 24.3 Å². The number of fused-ring (bicyclic) bond motifs is 3. The molecular weight excluding hydrogens is 272 g/mol. The molecule has 0 saturated carbocycles. The molecule has 114 valence electrons. The van der Waals surface area contributed by atoms with Gasteiger partial charge in [0.15, 0.2) is 0 Å². The summed E-state index contributed by atoms with van der Waals surface area (Å²) in [5.74, 6) is 1.15. The van der Waals surface area contributed by atoms with E-state index >= 15 is 0 Å². The third-order valence-corrected chi connectivity index (χ3v) is 4.96. The van der Waals surface area contributed by atoms with Crippen LogP contribution in [0.1, 0.15) is 24.0 Å². The van der Waals surface area contributed by atoms with Crippen molar-refractivity contribution in [3.63, 3.8) is 0 Å². The van der Waals surface area contributed by atoms with Crippen molar-refractivity contribution in [1.29, 1.82) is 0 Å². The van der Waals surface area contributed by atoms with Gasteiger partial charge in [-0.05, 0) is 38.3 Å². The van der Waals surface area contributed by atoms with E-state index in [1.807, 2.05) is 7.05 Å². The predicted molar refractivity (Wildman–Crippen MR) is 89.2 cm³/mol. The van der Waals surface area contributed by atoms with Crippen molar-refractivity contribution in [2.24, 2.45) is 0 Å². The molecule has 4 nitrogen and oxygen atoms in total. The third-order valence-electron chi connectivity index (χ3n) is 4.96. The van der Waals surface area contributed by atoms with E-state index in [-0.39, 0.29) is 0 Å². The van der Waals surface area contributed by atoms with E-state index in [2.05, 4.69) is 44.5 Å². The highest BCUT2D eigenvalue weighted by Gasteiger charge is 2.27. The molecule has 2 aromatic rings. The van der Waals surface area contributed by atoms with Gasteiger partial charge in [0.05, 0.1) is 5.69 Å². The molecule has 1 atom stereocenters. The number of likely N-dealkylation sites (N-methyl/N-ethyl adjacent to an activating group) is 1. The lowest BCUT2D eigenvalue weighted by atomic mass is 10.0. The number of rotatable bonds is 2. The van der Waals surface area contributed by atoms with Gasteiger partial charge in [0.25, 0.3) is 0 Å². The molecule has 0 amide bonds. The highest BCUT2D eigenvalue weighted by Crippen LogP contribution is 2.35. The summed E-state index contributed by atoms with van der Waals surface area (Å²) in [6.45, 7) is 2.12. The van der Waals surface area contributed by atoms with Crippen LogP contribution < -0.4 is 10.2 Å². The highest BCUT2D eigenvalue weighted by molar-refractivity contribution is 5.72. The number of nitrogens with zero attached hydrogens (tertiary/aromatic N) is 3. The van der Waals surface area contributed by atoms with Crippen LogP contribution in [-0.4, -0.2) is 36.1 Å². The van der Waals surface area contributed by atoms with Crippen LogP contribution >= 0.6 is 0 Å². The Kier molecular flexibility index (Phi) is 3.54. The predicted octanol–water partition coefficient (Wildman–Crippen LogP) is 2.43. The van der Waals surface area contributed by atoms with Gasteiger partial charge in [-0.3, -0.25) is 0 Å². The molecule has 2 heterocycles. The lowest BCUT2D eigenvalue weighted by molar-refractivity contribution is 0.616. The zero-order chi connectivity index (χ0) is 14.9. The summed E-state index contributed by atoms with van der Waals surface area (Å²) >= 11 is 0. The van der Waals surface area contributed by atoms with Crippen LogP contribution in [0.2, 0.25) is 0 Å². The van der Waals surface area contributed by atoms with Gasteiger partial charge in [-0.15, -0.1) is 0 Å². The van der Waals surface area contributed by atoms with Crippen molar-refractivity contribution < 1.29 is 0 Å². The lowest BCUT2D eigenvalue weighted by Crippen LogP contribution is -2.30. The molecule has 0 radical (unpaired) electrons. The standard InChI is InChI=1S/C18H22N4/c1-19-14-9-10-22(11-14)18-16-8-4-6-13-5-2-3-7-15(13)17(16)20-12-21-18/h2-3,5,7,12,14,19H,4,6,8-11H2,1H3/t14-/m1/s1. The van der Waals surface area contributed by atoms with Crippen molar-refractivity contribution in [3.05, 3.63) is 41.7 Å². The molecule has 1 aromatic heterocycles. The summed E-state index contributed by atoms with van der Waals surface area (Å²) in [5, 5.41) is 3.39. The molecule has 4 rings (SSSR count). The Morgan fingerprint density at radius 1 is 1.18 bits per heavy atom. The quantitative estimate of drug-likeness (QED) is 0.923. The Bertz CT molecular complexity index is 683. The lowest BCUT2D eigenvalue weighted by Gasteiger charge is -2.21. The van der Waals surface area contributed by atoms with E-state index in [0.29, 0.717) is 6.04 Å². The smallest absolute Gasteiger partial charge is 0.135 e. The fourth-order valence-electron chi connectivity index (χ4n) is 3.75. The van der Waals surface area contributed by atoms with Crippen molar-refractivity contribution in [2.45, 2.75) is 31.7 Å². The van der Waals surface area contributed by atoms with E-state index in [9.17, 15) is 0 Å². The van der Waals surface area contributed by atoms with Crippen molar-refractivity contribution in [1.82, 2.24) is 15.3 Å². The Hall–Kier alpha value is -1.94. The van der Waals surface area contributed by atoms with Crippen molar-refractivity contribution in [3.8, 4) is 11.3 Å². The fraction of sp³-hybridized carbons (Fsp3) is 0.444. The average Bonchev–Trinajstić information content (AvgIpc) is 2.96. The van der Waals surface area contributed by atoms with E-state index < -0.39 is 0 Å². The Morgan fingerprint density at radius 3 is 2.95 bits per heavy atom. The number of hydrogen-bond donors (Lipinski definition) is 1. The molecule has 4 heteroatoms. The van der Waals surface area contributed by atoms with Crippen LogP contribution in [-0.2, 0) is 12.8 Å². The molecule has 0 unspecified atom stereocenters. The zero-order valence-corrected chi connectivity index (χ0v) is 13.0. The van der Waals surface area contributed by atoms with Gasteiger partial charge in [0.2, 0.25) is 0 Å². The number of hydrogen-bond acceptors (Lipinski definition) is 4. The first-order valence-electron chi connectivity index (χ1n) is 8.21. The largest absolute Gasteiger partial charge is 0.355 e. The van der Waals surface area contributed by atoms with E-state index in [1.54, 1.807) is 6.33 Å². The number of benzene rings is 1.